The summed E-state index contributed by atoms with van der Waals surface area (Å²) in [5.41, 5.74) is 2.08. The summed E-state index contributed by atoms with van der Waals surface area (Å²) in [7, 11) is 1.75. The fourth-order valence-corrected chi connectivity index (χ4v) is 4.69. The minimum absolute atomic E-state index is 0.126. The molecule has 1 N–H and O–H groups in total. The van der Waals surface area contributed by atoms with Gasteiger partial charge in [0.25, 0.3) is 0 Å². The molecule has 1 fully saturated rings. The molecule has 4 aliphatic rings. The summed E-state index contributed by atoms with van der Waals surface area (Å²) >= 11 is 0. The molecule has 0 aromatic heterocycles. The van der Waals surface area contributed by atoms with E-state index in [1.54, 1.807) is 7.11 Å². The Morgan fingerprint density at radius 1 is 1.32 bits per heavy atom. The molecule has 3 heterocycles. The summed E-state index contributed by atoms with van der Waals surface area (Å²) < 4.78 is 16.6. The van der Waals surface area contributed by atoms with Crippen molar-refractivity contribution in [3.05, 3.63) is 35.4 Å². The van der Waals surface area contributed by atoms with Crippen LogP contribution in [0.15, 0.2) is 24.3 Å². The predicted octanol–water partition coefficient (Wildman–Crippen LogP) is 1.19. The number of rotatable bonds is 1. The van der Waals surface area contributed by atoms with E-state index in [0.29, 0.717) is 6.54 Å². The summed E-state index contributed by atoms with van der Waals surface area (Å²) in [5, 5.41) is 10.8. The van der Waals surface area contributed by atoms with Gasteiger partial charge in [0.05, 0.1) is 17.6 Å². The van der Waals surface area contributed by atoms with Crippen molar-refractivity contribution in [3.8, 4) is 11.5 Å². The Kier molecular flexibility index (Phi) is 2.50. The van der Waals surface area contributed by atoms with E-state index < -0.39 is 6.10 Å². The van der Waals surface area contributed by atoms with Gasteiger partial charge in [0.15, 0.2) is 11.5 Å². The lowest BCUT2D eigenvalue weighted by Crippen LogP contribution is -2.52. The van der Waals surface area contributed by atoms with Crippen LogP contribution in [-0.4, -0.2) is 48.7 Å². The first-order valence-electron chi connectivity index (χ1n) is 7.79. The first-order chi connectivity index (χ1) is 10.7. The first kappa shape index (κ1) is 12.9. The van der Waals surface area contributed by atoms with Crippen LogP contribution in [0.5, 0.6) is 11.5 Å². The van der Waals surface area contributed by atoms with Crippen molar-refractivity contribution >= 4 is 0 Å². The molecule has 5 atom stereocenters. The van der Waals surface area contributed by atoms with Crippen molar-refractivity contribution in [1.29, 1.82) is 0 Å². The fraction of sp³-hybridized carbons (Fsp3) is 0.529. The third-order valence-corrected chi connectivity index (χ3v) is 5.73. The van der Waals surface area contributed by atoms with Crippen molar-refractivity contribution in [2.75, 3.05) is 20.4 Å². The summed E-state index contributed by atoms with van der Waals surface area (Å²) in [6, 6.07) is 4.44. The second kappa shape index (κ2) is 4.25. The highest BCUT2D eigenvalue weighted by molar-refractivity contribution is 5.56. The van der Waals surface area contributed by atoms with Crippen LogP contribution >= 0.6 is 0 Å². The van der Waals surface area contributed by atoms with Gasteiger partial charge in [0, 0.05) is 26.2 Å². The lowest BCUT2D eigenvalue weighted by atomic mass is 9.65. The van der Waals surface area contributed by atoms with Crippen molar-refractivity contribution < 1.29 is 19.3 Å². The highest BCUT2D eigenvalue weighted by Gasteiger charge is 2.58. The third-order valence-electron chi connectivity index (χ3n) is 5.73. The van der Waals surface area contributed by atoms with Gasteiger partial charge in [0.1, 0.15) is 0 Å². The SMILES string of the molecule is CO[C@@H]1C=C[C@@]23c4cc5c(cc4CN(C[C@@H]2O)[C@@H]3C1)OCO5. The van der Waals surface area contributed by atoms with Gasteiger partial charge in [-0.1, -0.05) is 12.2 Å². The lowest BCUT2D eigenvalue weighted by Gasteiger charge is -2.46. The molecule has 2 bridgehead atoms. The number of fused-ring (bicyclic) bond motifs is 2. The van der Waals surface area contributed by atoms with E-state index in [9.17, 15) is 5.11 Å². The van der Waals surface area contributed by atoms with Crippen molar-refractivity contribution in [3.63, 3.8) is 0 Å². The number of aliphatic hydroxyl groups excluding tert-OH is 1. The average Bonchev–Trinajstić information content (AvgIpc) is 3.06. The molecule has 1 aromatic carbocycles. The predicted molar refractivity (Wildman–Crippen MR) is 79.0 cm³/mol. The van der Waals surface area contributed by atoms with Gasteiger partial charge in [-0.2, -0.15) is 0 Å². The van der Waals surface area contributed by atoms with Gasteiger partial charge in [0.2, 0.25) is 6.79 Å². The molecule has 5 heteroatoms. The van der Waals surface area contributed by atoms with E-state index in [2.05, 4.69) is 29.2 Å². The van der Waals surface area contributed by atoms with Crippen molar-refractivity contribution in [2.45, 2.75) is 36.6 Å². The van der Waals surface area contributed by atoms with Gasteiger partial charge in [-0.05, 0) is 29.7 Å². The molecule has 1 saturated heterocycles. The van der Waals surface area contributed by atoms with Crippen LogP contribution < -0.4 is 9.47 Å². The number of ether oxygens (including phenoxy) is 3. The van der Waals surface area contributed by atoms with Gasteiger partial charge in [-0.25, -0.2) is 0 Å². The minimum Gasteiger partial charge on any atom is -0.454 e. The zero-order chi connectivity index (χ0) is 14.9. The zero-order valence-corrected chi connectivity index (χ0v) is 12.5. The van der Waals surface area contributed by atoms with E-state index in [1.807, 2.05) is 0 Å². The van der Waals surface area contributed by atoms with Crippen LogP contribution in [0.1, 0.15) is 17.5 Å². The molecule has 3 aliphatic heterocycles. The smallest absolute Gasteiger partial charge is 0.231 e. The van der Waals surface area contributed by atoms with Crippen molar-refractivity contribution in [2.24, 2.45) is 0 Å². The number of hydrogen-bond donors (Lipinski definition) is 1. The number of benzene rings is 1. The summed E-state index contributed by atoms with van der Waals surface area (Å²) in [6.07, 6.45) is 4.91. The molecule has 0 spiro atoms. The Hall–Kier alpha value is -1.56. The molecule has 116 valence electrons. The number of hydrogen-bond acceptors (Lipinski definition) is 5. The van der Waals surface area contributed by atoms with Gasteiger partial charge in [-0.3, -0.25) is 4.90 Å². The summed E-state index contributed by atoms with van der Waals surface area (Å²) in [5.74, 6) is 1.61. The van der Waals surface area contributed by atoms with Gasteiger partial charge in [-0.15, -0.1) is 0 Å². The molecule has 1 aromatic rings. The normalized spacial score (nSPS) is 40.5. The van der Waals surface area contributed by atoms with E-state index in [-0.39, 0.29) is 24.4 Å². The topological polar surface area (TPSA) is 51.2 Å². The van der Waals surface area contributed by atoms with E-state index in [1.165, 1.54) is 11.1 Å². The van der Waals surface area contributed by atoms with Crippen LogP contribution in [0, 0.1) is 0 Å². The van der Waals surface area contributed by atoms with Crippen LogP contribution in [0.3, 0.4) is 0 Å². The van der Waals surface area contributed by atoms with Crippen LogP contribution in [0.25, 0.3) is 0 Å². The molecule has 0 radical (unpaired) electrons. The molecule has 0 saturated carbocycles. The number of methoxy groups -OCH3 is 1. The molecule has 0 amide bonds. The largest absolute Gasteiger partial charge is 0.454 e. The Bertz CT molecular complexity index is 673. The zero-order valence-electron chi connectivity index (χ0n) is 12.5. The fourth-order valence-electron chi connectivity index (χ4n) is 4.69. The highest BCUT2D eigenvalue weighted by Crippen LogP contribution is 2.53. The van der Waals surface area contributed by atoms with Gasteiger partial charge >= 0.3 is 0 Å². The first-order valence-corrected chi connectivity index (χ1v) is 7.79. The molecule has 5 nitrogen and oxygen atoms in total. The Balaban J connectivity index is 1.72. The number of aliphatic hydroxyl groups is 1. The van der Waals surface area contributed by atoms with Crippen molar-refractivity contribution in [1.82, 2.24) is 4.90 Å². The summed E-state index contributed by atoms with van der Waals surface area (Å²) in [6.45, 7) is 1.83. The average molecular weight is 301 g/mol. The molecule has 1 aliphatic carbocycles. The number of nitrogens with zero attached hydrogens (tertiary/aromatic N) is 1. The van der Waals surface area contributed by atoms with Gasteiger partial charge < -0.3 is 19.3 Å². The van der Waals surface area contributed by atoms with E-state index in [4.69, 9.17) is 14.2 Å². The van der Waals surface area contributed by atoms with Crippen LogP contribution in [-0.2, 0) is 16.7 Å². The Morgan fingerprint density at radius 2 is 2.14 bits per heavy atom. The lowest BCUT2D eigenvalue weighted by molar-refractivity contribution is 0.0660. The quantitative estimate of drug-likeness (QED) is 0.790. The van der Waals surface area contributed by atoms with Crippen LogP contribution in [0.2, 0.25) is 0 Å². The Labute approximate surface area is 129 Å². The molecular weight excluding hydrogens is 282 g/mol. The van der Waals surface area contributed by atoms with E-state index in [0.717, 1.165) is 24.5 Å². The van der Waals surface area contributed by atoms with E-state index >= 15 is 0 Å². The maximum Gasteiger partial charge on any atom is 0.231 e. The second-order valence-corrected chi connectivity index (χ2v) is 6.63. The molecule has 22 heavy (non-hydrogen) atoms. The molecule has 1 unspecified atom stereocenters. The molecule has 5 rings (SSSR count). The molecular formula is C17H19NO4. The highest BCUT2D eigenvalue weighted by atomic mass is 16.7. The maximum absolute atomic E-state index is 10.8. The minimum atomic E-state index is -0.395. The maximum atomic E-state index is 10.8. The standard InChI is InChI=1S/C17H19NO4/c1-20-11-2-3-17-12-6-14-13(21-9-22-14)4-10(12)7-18(8-16(17)19)15(17)5-11/h2-4,6,11,15-16,19H,5,7-9H2,1H3/t11-,15-,16+,17+/m1/s1. The monoisotopic (exact) mass is 301 g/mol. The third kappa shape index (κ3) is 1.44. The summed E-state index contributed by atoms with van der Waals surface area (Å²) in [4.78, 5) is 2.38. The Morgan fingerprint density at radius 3 is 2.95 bits per heavy atom. The van der Waals surface area contributed by atoms with Crippen LogP contribution in [0.4, 0.5) is 0 Å². The second-order valence-electron chi connectivity index (χ2n) is 6.63.